The summed E-state index contributed by atoms with van der Waals surface area (Å²) in [6, 6.07) is 14.7. The molecule has 0 bridgehead atoms. The molecule has 0 saturated heterocycles. The molecule has 0 aliphatic heterocycles. The molecular weight excluding hydrogens is 232 g/mol. The van der Waals surface area contributed by atoms with Gasteiger partial charge in [0.25, 0.3) is 0 Å². The van der Waals surface area contributed by atoms with Gasteiger partial charge in [0.1, 0.15) is 0 Å². The first-order valence-corrected chi connectivity index (χ1v) is 6.76. The Morgan fingerprint density at radius 1 is 1.26 bits per heavy atom. The standard InChI is InChI=1S/C17H18N2/c1-19(2)11-14-9-17(14)16-5-3-4-13-8-12(10-18)6-7-15(13)16/h3-8,14,17H,9,11H2,1-2H3. The van der Waals surface area contributed by atoms with Crippen LogP contribution in [-0.4, -0.2) is 25.5 Å². The van der Waals surface area contributed by atoms with E-state index in [-0.39, 0.29) is 0 Å². The van der Waals surface area contributed by atoms with Crippen LogP contribution in [0, 0.1) is 17.2 Å². The van der Waals surface area contributed by atoms with Gasteiger partial charge in [-0.25, -0.2) is 0 Å². The van der Waals surface area contributed by atoms with E-state index in [9.17, 15) is 0 Å². The lowest BCUT2D eigenvalue weighted by molar-refractivity contribution is 0.385. The number of hydrogen-bond acceptors (Lipinski definition) is 2. The first kappa shape index (κ1) is 12.2. The summed E-state index contributed by atoms with van der Waals surface area (Å²) in [5, 5.41) is 11.5. The van der Waals surface area contributed by atoms with Gasteiger partial charge in [-0.15, -0.1) is 0 Å². The van der Waals surface area contributed by atoms with E-state index in [4.69, 9.17) is 5.26 Å². The number of benzene rings is 2. The Balaban J connectivity index is 1.95. The third-order valence-corrected chi connectivity index (χ3v) is 3.96. The summed E-state index contributed by atoms with van der Waals surface area (Å²) in [4.78, 5) is 2.27. The second-order valence-corrected chi connectivity index (χ2v) is 5.76. The van der Waals surface area contributed by atoms with Gasteiger partial charge in [-0.2, -0.15) is 5.26 Å². The molecule has 2 unspecified atom stereocenters. The summed E-state index contributed by atoms with van der Waals surface area (Å²) in [7, 11) is 4.27. The minimum Gasteiger partial charge on any atom is -0.309 e. The summed E-state index contributed by atoms with van der Waals surface area (Å²) in [6.07, 6.45) is 1.29. The van der Waals surface area contributed by atoms with Gasteiger partial charge in [0.05, 0.1) is 11.6 Å². The molecule has 0 radical (unpaired) electrons. The largest absolute Gasteiger partial charge is 0.309 e. The van der Waals surface area contributed by atoms with Gasteiger partial charge in [-0.05, 0) is 60.8 Å². The molecule has 96 valence electrons. The Morgan fingerprint density at radius 2 is 2.11 bits per heavy atom. The highest BCUT2D eigenvalue weighted by Crippen LogP contribution is 2.49. The third kappa shape index (κ3) is 2.34. The number of fused-ring (bicyclic) bond motifs is 1. The molecule has 2 aromatic rings. The maximum Gasteiger partial charge on any atom is 0.0991 e. The molecule has 0 spiro atoms. The predicted octanol–water partition coefficient (Wildman–Crippen LogP) is 3.38. The van der Waals surface area contributed by atoms with Crippen LogP contribution in [0.15, 0.2) is 36.4 Å². The lowest BCUT2D eigenvalue weighted by Gasteiger charge is -2.10. The van der Waals surface area contributed by atoms with Crippen LogP contribution >= 0.6 is 0 Å². The van der Waals surface area contributed by atoms with E-state index >= 15 is 0 Å². The summed E-state index contributed by atoms with van der Waals surface area (Å²) in [5.41, 5.74) is 2.19. The van der Waals surface area contributed by atoms with E-state index in [2.05, 4.69) is 49.3 Å². The van der Waals surface area contributed by atoms with Crippen LogP contribution in [0.1, 0.15) is 23.5 Å². The molecule has 2 nitrogen and oxygen atoms in total. The van der Waals surface area contributed by atoms with Gasteiger partial charge in [0.15, 0.2) is 0 Å². The Hall–Kier alpha value is -1.85. The molecule has 19 heavy (non-hydrogen) atoms. The van der Waals surface area contributed by atoms with Crippen LogP contribution in [0.3, 0.4) is 0 Å². The lowest BCUT2D eigenvalue weighted by Crippen LogP contribution is -2.15. The zero-order chi connectivity index (χ0) is 13.4. The highest BCUT2D eigenvalue weighted by Gasteiger charge is 2.38. The molecule has 1 fully saturated rings. The summed E-state index contributed by atoms with van der Waals surface area (Å²) in [5.74, 6) is 1.48. The van der Waals surface area contributed by atoms with Crippen LogP contribution < -0.4 is 0 Å². The van der Waals surface area contributed by atoms with Crippen LogP contribution in [0.25, 0.3) is 10.8 Å². The second kappa shape index (κ2) is 4.68. The van der Waals surface area contributed by atoms with Crippen molar-refractivity contribution in [3.8, 4) is 6.07 Å². The average molecular weight is 250 g/mol. The van der Waals surface area contributed by atoms with E-state index in [1.807, 2.05) is 12.1 Å². The molecule has 2 aromatic carbocycles. The number of nitriles is 1. The maximum atomic E-state index is 8.97. The first-order chi connectivity index (χ1) is 9.19. The summed E-state index contributed by atoms with van der Waals surface area (Å²) in [6.45, 7) is 1.16. The number of hydrogen-bond donors (Lipinski definition) is 0. The fourth-order valence-electron chi connectivity index (χ4n) is 3.00. The Morgan fingerprint density at radius 3 is 2.84 bits per heavy atom. The van der Waals surface area contributed by atoms with Crippen molar-refractivity contribution in [2.45, 2.75) is 12.3 Å². The highest BCUT2D eigenvalue weighted by atomic mass is 15.1. The first-order valence-electron chi connectivity index (χ1n) is 6.76. The third-order valence-electron chi connectivity index (χ3n) is 3.96. The predicted molar refractivity (Wildman–Crippen MR) is 78.1 cm³/mol. The fourth-order valence-corrected chi connectivity index (χ4v) is 3.00. The van der Waals surface area contributed by atoms with Gasteiger partial charge in [-0.3, -0.25) is 0 Å². The van der Waals surface area contributed by atoms with Crippen LogP contribution in [0.5, 0.6) is 0 Å². The minimum absolute atomic E-state index is 0.694. The van der Waals surface area contributed by atoms with E-state index in [0.29, 0.717) is 5.92 Å². The van der Waals surface area contributed by atoms with Crippen molar-refractivity contribution in [2.75, 3.05) is 20.6 Å². The van der Waals surface area contributed by atoms with Crippen molar-refractivity contribution in [1.29, 1.82) is 5.26 Å². The van der Waals surface area contributed by atoms with Crippen LogP contribution in [0.2, 0.25) is 0 Å². The van der Waals surface area contributed by atoms with Crippen molar-refractivity contribution in [2.24, 2.45) is 5.92 Å². The molecule has 0 amide bonds. The molecule has 1 saturated carbocycles. The smallest absolute Gasteiger partial charge is 0.0991 e. The van der Waals surface area contributed by atoms with Gasteiger partial charge < -0.3 is 4.90 Å². The number of rotatable bonds is 3. The van der Waals surface area contributed by atoms with Gasteiger partial charge >= 0.3 is 0 Å². The SMILES string of the molecule is CN(C)CC1CC1c1cccc2cc(C#N)ccc12. The fraction of sp³-hybridized carbons (Fsp3) is 0.353. The zero-order valence-corrected chi connectivity index (χ0v) is 11.4. The second-order valence-electron chi connectivity index (χ2n) is 5.76. The van der Waals surface area contributed by atoms with Gasteiger partial charge in [0.2, 0.25) is 0 Å². The molecule has 1 aliphatic carbocycles. The molecule has 1 aliphatic rings. The molecule has 2 heteroatoms. The van der Waals surface area contributed by atoms with Crippen LogP contribution in [0.4, 0.5) is 0 Å². The van der Waals surface area contributed by atoms with E-state index < -0.39 is 0 Å². The number of nitrogens with zero attached hydrogens (tertiary/aromatic N) is 2. The lowest BCUT2D eigenvalue weighted by atomic mass is 9.98. The molecule has 0 N–H and O–H groups in total. The molecule has 2 atom stereocenters. The van der Waals surface area contributed by atoms with Crippen LogP contribution in [-0.2, 0) is 0 Å². The van der Waals surface area contributed by atoms with Gasteiger partial charge in [-0.1, -0.05) is 24.3 Å². The molecule has 0 heterocycles. The Kier molecular flexibility index (Phi) is 3.00. The summed E-state index contributed by atoms with van der Waals surface area (Å²) < 4.78 is 0. The quantitative estimate of drug-likeness (QED) is 0.835. The summed E-state index contributed by atoms with van der Waals surface area (Å²) >= 11 is 0. The van der Waals surface area contributed by atoms with Crippen molar-refractivity contribution in [3.63, 3.8) is 0 Å². The Labute approximate surface area is 114 Å². The maximum absolute atomic E-state index is 8.97. The molecule has 0 aromatic heterocycles. The van der Waals surface area contributed by atoms with Crippen molar-refractivity contribution >= 4 is 10.8 Å². The molecular formula is C17H18N2. The van der Waals surface area contributed by atoms with Crippen molar-refractivity contribution in [1.82, 2.24) is 4.90 Å². The normalized spacial score (nSPS) is 21.6. The monoisotopic (exact) mass is 250 g/mol. The topological polar surface area (TPSA) is 27.0 Å². The minimum atomic E-state index is 0.694. The average Bonchev–Trinajstić information content (AvgIpc) is 3.15. The van der Waals surface area contributed by atoms with E-state index in [0.717, 1.165) is 18.0 Å². The van der Waals surface area contributed by atoms with Crippen molar-refractivity contribution in [3.05, 3.63) is 47.5 Å². The van der Waals surface area contributed by atoms with Gasteiger partial charge in [0, 0.05) is 6.54 Å². The zero-order valence-electron chi connectivity index (χ0n) is 11.4. The molecule has 3 rings (SSSR count). The highest BCUT2D eigenvalue weighted by molar-refractivity contribution is 5.87. The van der Waals surface area contributed by atoms with Crippen molar-refractivity contribution < 1.29 is 0 Å². The van der Waals surface area contributed by atoms with E-state index in [1.165, 1.54) is 22.8 Å². The Bertz CT molecular complexity index is 652. The van der Waals surface area contributed by atoms with E-state index in [1.54, 1.807) is 0 Å².